The van der Waals surface area contributed by atoms with Crippen molar-refractivity contribution < 1.29 is 19.1 Å². The average Bonchev–Trinajstić information content (AvgIpc) is 2.60. The number of esters is 2. The van der Waals surface area contributed by atoms with Crippen LogP contribution < -0.4 is 4.74 Å². The molecular weight excluding hydrogens is 386 g/mol. The molecule has 0 aromatic heterocycles. The van der Waals surface area contributed by atoms with Gasteiger partial charge in [0.1, 0.15) is 17.4 Å². The van der Waals surface area contributed by atoms with Crippen LogP contribution in [-0.4, -0.2) is 18.5 Å². The molecule has 0 aliphatic rings. The minimum Gasteiger partial charge on any atom is -0.462 e. The van der Waals surface area contributed by atoms with Crippen LogP contribution in [0.5, 0.6) is 5.75 Å². The van der Waals surface area contributed by atoms with Crippen LogP contribution in [0.1, 0.15) is 22.8 Å². The summed E-state index contributed by atoms with van der Waals surface area (Å²) in [6, 6.07) is 15.1. The van der Waals surface area contributed by atoms with E-state index in [-0.39, 0.29) is 12.2 Å². The minimum atomic E-state index is -0.692. The van der Waals surface area contributed by atoms with Gasteiger partial charge in [0.25, 0.3) is 0 Å². The molecule has 0 saturated carbocycles. The zero-order valence-corrected chi connectivity index (χ0v) is 14.9. The number of carbonyl (C=O) groups excluding carboxylic acids is 2. The first-order chi connectivity index (χ1) is 12.0. The molecule has 2 rings (SSSR count). The number of rotatable bonds is 5. The normalized spacial score (nSPS) is 10.7. The standard InChI is InChI=1S/C19H14BrNO4/c1-2-24-18(22)15(12-21)10-13-4-3-5-17(11-13)25-19(23)14-6-8-16(20)9-7-14/h3-11H,2H2,1H3/b15-10+. The van der Waals surface area contributed by atoms with E-state index in [9.17, 15) is 9.59 Å². The van der Waals surface area contributed by atoms with Gasteiger partial charge in [0.15, 0.2) is 0 Å². The molecule has 0 aliphatic heterocycles. The van der Waals surface area contributed by atoms with Gasteiger partial charge in [0, 0.05) is 4.47 Å². The van der Waals surface area contributed by atoms with Crippen molar-refractivity contribution in [2.45, 2.75) is 6.92 Å². The second kappa shape index (κ2) is 8.81. The van der Waals surface area contributed by atoms with E-state index in [0.717, 1.165) is 4.47 Å². The van der Waals surface area contributed by atoms with Gasteiger partial charge in [-0.25, -0.2) is 9.59 Å². The topological polar surface area (TPSA) is 76.4 Å². The van der Waals surface area contributed by atoms with Crippen molar-refractivity contribution in [3.05, 3.63) is 69.7 Å². The van der Waals surface area contributed by atoms with Gasteiger partial charge in [0.2, 0.25) is 0 Å². The summed E-state index contributed by atoms with van der Waals surface area (Å²) in [6.45, 7) is 1.85. The van der Waals surface area contributed by atoms with Gasteiger partial charge in [-0.2, -0.15) is 5.26 Å². The van der Waals surface area contributed by atoms with Crippen LogP contribution in [0.25, 0.3) is 6.08 Å². The van der Waals surface area contributed by atoms with Crippen LogP contribution in [0.3, 0.4) is 0 Å². The first-order valence-corrected chi connectivity index (χ1v) is 8.19. The predicted molar refractivity (Wildman–Crippen MR) is 95.8 cm³/mol. The molecule has 0 spiro atoms. The summed E-state index contributed by atoms with van der Waals surface area (Å²) in [7, 11) is 0. The highest BCUT2D eigenvalue weighted by Gasteiger charge is 2.11. The van der Waals surface area contributed by atoms with Gasteiger partial charge >= 0.3 is 11.9 Å². The first kappa shape index (κ1) is 18.4. The van der Waals surface area contributed by atoms with E-state index in [1.165, 1.54) is 6.08 Å². The molecule has 6 heteroatoms. The fourth-order valence-corrected chi connectivity index (χ4v) is 2.20. The molecule has 0 heterocycles. The SMILES string of the molecule is CCOC(=O)/C(C#N)=C/c1cccc(OC(=O)c2ccc(Br)cc2)c1. The molecule has 0 unspecified atom stereocenters. The van der Waals surface area contributed by atoms with Crippen molar-refractivity contribution >= 4 is 33.9 Å². The highest BCUT2D eigenvalue weighted by Crippen LogP contribution is 2.18. The van der Waals surface area contributed by atoms with Crippen molar-refractivity contribution in [1.82, 2.24) is 0 Å². The van der Waals surface area contributed by atoms with Gasteiger partial charge in [-0.3, -0.25) is 0 Å². The van der Waals surface area contributed by atoms with E-state index in [1.807, 2.05) is 0 Å². The van der Waals surface area contributed by atoms with E-state index >= 15 is 0 Å². The molecule has 126 valence electrons. The van der Waals surface area contributed by atoms with Crippen molar-refractivity contribution in [3.8, 4) is 11.8 Å². The molecule has 0 N–H and O–H groups in total. The third kappa shape index (κ3) is 5.30. The lowest BCUT2D eigenvalue weighted by Gasteiger charge is -2.06. The number of nitrogens with zero attached hydrogens (tertiary/aromatic N) is 1. The molecule has 2 aromatic carbocycles. The van der Waals surface area contributed by atoms with Crippen molar-refractivity contribution in [3.63, 3.8) is 0 Å². The molecule has 0 amide bonds. The van der Waals surface area contributed by atoms with Crippen LogP contribution in [0.15, 0.2) is 58.6 Å². The van der Waals surface area contributed by atoms with E-state index in [4.69, 9.17) is 14.7 Å². The number of nitriles is 1. The fourth-order valence-electron chi connectivity index (χ4n) is 1.93. The lowest BCUT2D eigenvalue weighted by Crippen LogP contribution is -2.08. The van der Waals surface area contributed by atoms with Crippen molar-refractivity contribution in [2.24, 2.45) is 0 Å². The Hall–Kier alpha value is -2.91. The number of benzene rings is 2. The zero-order chi connectivity index (χ0) is 18.2. The van der Waals surface area contributed by atoms with Gasteiger partial charge in [-0.15, -0.1) is 0 Å². The van der Waals surface area contributed by atoms with E-state index in [2.05, 4.69) is 15.9 Å². The van der Waals surface area contributed by atoms with Crippen molar-refractivity contribution in [1.29, 1.82) is 5.26 Å². The summed E-state index contributed by atoms with van der Waals surface area (Å²) in [5, 5.41) is 9.06. The summed E-state index contributed by atoms with van der Waals surface area (Å²) in [4.78, 5) is 23.8. The smallest absolute Gasteiger partial charge is 0.348 e. The molecule has 0 radical (unpaired) electrons. The Morgan fingerprint density at radius 3 is 2.56 bits per heavy atom. The van der Waals surface area contributed by atoms with Gasteiger partial charge < -0.3 is 9.47 Å². The highest BCUT2D eigenvalue weighted by molar-refractivity contribution is 9.10. The summed E-state index contributed by atoms with van der Waals surface area (Å²) >= 11 is 3.30. The molecule has 0 saturated heterocycles. The van der Waals surface area contributed by atoms with Crippen LogP contribution in [-0.2, 0) is 9.53 Å². The average molecular weight is 400 g/mol. The lowest BCUT2D eigenvalue weighted by molar-refractivity contribution is -0.137. The van der Waals surface area contributed by atoms with Gasteiger partial charge in [-0.1, -0.05) is 28.1 Å². The maximum Gasteiger partial charge on any atom is 0.348 e. The largest absolute Gasteiger partial charge is 0.462 e. The number of carbonyl (C=O) groups is 2. The number of halogens is 1. The Morgan fingerprint density at radius 2 is 1.92 bits per heavy atom. The Morgan fingerprint density at radius 1 is 1.20 bits per heavy atom. The Balaban J connectivity index is 2.18. The lowest BCUT2D eigenvalue weighted by atomic mass is 10.1. The van der Waals surface area contributed by atoms with E-state index < -0.39 is 11.9 Å². The van der Waals surface area contributed by atoms with Crippen LogP contribution >= 0.6 is 15.9 Å². The summed E-state index contributed by atoms with van der Waals surface area (Å²) in [5.74, 6) is -0.885. The molecule has 0 atom stereocenters. The zero-order valence-electron chi connectivity index (χ0n) is 13.4. The molecule has 25 heavy (non-hydrogen) atoms. The molecule has 0 fully saturated rings. The highest BCUT2D eigenvalue weighted by atomic mass is 79.9. The monoisotopic (exact) mass is 399 g/mol. The Kier molecular flexibility index (Phi) is 6.49. The predicted octanol–water partition coefficient (Wildman–Crippen LogP) is 4.14. The van der Waals surface area contributed by atoms with Crippen LogP contribution in [0, 0.1) is 11.3 Å². The van der Waals surface area contributed by atoms with E-state index in [1.54, 1.807) is 61.5 Å². The molecule has 2 aromatic rings. The number of hydrogen-bond acceptors (Lipinski definition) is 5. The fraction of sp³-hybridized carbons (Fsp3) is 0.105. The van der Waals surface area contributed by atoms with Gasteiger partial charge in [-0.05, 0) is 55.0 Å². The summed E-state index contributed by atoms with van der Waals surface area (Å²) in [6.07, 6.45) is 1.38. The van der Waals surface area contributed by atoms with E-state index in [0.29, 0.717) is 16.9 Å². The Labute approximate surface area is 153 Å². The van der Waals surface area contributed by atoms with Crippen LogP contribution in [0.2, 0.25) is 0 Å². The Bertz CT molecular complexity index is 850. The maximum absolute atomic E-state index is 12.1. The van der Waals surface area contributed by atoms with Crippen molar-refractivity contribution in [2.75, 3.05) is 6.61 Å². The third-order valence-corrected chi connectivity index (χ3v) is 3.60. The summed E-state index contributed by atoms with van der Waals surface area (Å²) < 4.78 is 11.0. The quantitative estimate of drug-likeness (QED) is 0.326. The minimum absolute atomic E-state index is 0.127. The molecule has 0 bridgehead atoms. The van der Waals surface area contributed by atoms with Gasteiger partial charge in [0.05, 0.1) is 12.2 Å². The third-order valence-electron chi connectivity index (χ3n) is 3.08. The second-order valence-corrected chi connectivity index (χ2v) is 5.77. The molecule has 5 nitrogen and oxygen atoms in total. The maximum atomic E-state index is 12.1. The number of hydrogen-bond donors (Lipinski definition) is 0. The molecular formula is C19H14BrNO4. The molecule has 0 aliphatic carbocycles. The second-order valence-electron chi connectivity index (χ2n) is 4.86. The summed E-state index contributed by atoms with van der Waals surface area (Å²) in [5.41, 5.74) is 0.831. The van der Waals surface area contributed by atoms with Crippen LogP contribution in [0.4, 0.5) is 0 Å². The first-order valence-electron chi connectivity index (χ1n) is 7.40. The number of ether oxygens (including phenoxy) is 2.